The molecule has 2 N–H and O–H groups in total. The van der Waals surface area contributed by atoms with E-state index in [1.165, 1.54) is 0 Å². The lowest BCUT2D eigenvalue weighted by Crippen LogP contribution is -2.22. The zero-order valence-corrected chi connectivity index (χ0v) is 11.3. The molecule has 4 heteroatoms. The zero-order valence-electron chi connectivity index (χ0n) is 11.3. The van der Waals surface area contributed by atoms with E-state index >= 15 is 0 Å². The smallest absolute Gasteiger partial charge is 0.201 e. The molecule has 0 unspecified atom stereocenters. The number of benzene rings is 1. The van der Waals surface area contributed by atoms with Crippen molar-refractivity contribution in [1.82, 2.24) is 9.55 Å². The summed E-state index contributed by atoms with van der Waals surface area (Å²) in [5, 5.41) is 0. The lowest BCUT2D eigenvalue weighted by molar-refractivity contribution is 0.143. The van der Waals surface area contributed by atoms with Gasteiger partial charge in [0.1, 0.15) is 0 Å². The SMILES string of the molecule is COCCC(C)(C)Cn1c(N)nc2ccccc21. The van der Waals surface area contributed by atoms with Crippen LogP contribution in [0.2, 0.25) is 0 Å². The van der Waals surface area contributed by atoms with Gasteiger partial charge in [-0.05, 0) is 24.0 Å². The molecule has 0 saturated carbocycles. The van der Waals surface area contributed by atoms with Gasteiger partial charge in [0.2, 0.25) is 5.95 Å². The van der Waals surface area contributed by atoms with Crippen LogP contribution < -0.4 is 5.73 Å². The highest BCUT2D eigenvalue weighted by atomic mass is 16.5. The van der Waals surface area contributed by atoms with Crippen LogP contribution in [0.4, 0.5) is 5.95 Å². The molecule has 0 radical (unpaired) electrons. The minimum absolute atomic E-state index is 0.133. The first kappa shape index (κ1) is 12.9. The van der Waals surface area contributed by atoms with Crippen LogP contribution in [0.15, 0.2) is 24.3 Å². The third kappa shape index (κ3) is 2.64. The van der Waals surface area contributed by atoms with Crippen molar-refractivity contribution < 1.29 is 4.74 Å². The fourth-order valence-electron chi connectivity index (χ4n) is 2.15. The van der Waals surface area contributed by atoms with Crippen molar-refractivity contribution in [1.29, 1.82) is 0 Å². The number of hydrogen-bond donors (Lipinski definition) is 1. The van der Waals surface area contributed by atoms with E-state index in [-0.39, 0.29) is 5.41 Å². The van der Waals surface area contributed by atoms with Crippen molar-refractivity contribution in [3.05, 3.63) is 24.3 Å². The Morgan fingerprint density at radius 2 is 2.06 bits per heavy atom. The first-order valence-electron chi connectivity index (χ1n) is 6.23. The van der Waals surface area contributed by atoms with Crippen molar-refractivity contribution in [3.63, 3.8) is 0 Å². The normalized spacial score (nSPS) is 12.2. The van der Waals surface area contributed by atoms with Gasteiger partial charge in [-0.25, -0.2) is 4.98 Å². The summed E-state index contributed by atoms with van der Waals surface area (Å²) >= 11 is 0. The number of imidazole rings is 1. The van der Waals surface area contributed by atoms with Crippen LogP contribution in [-0.4, -0.2) is 23.3 Å². The Bertz CT molecular complexity index is 531. The maximum atomic E-state index is 6.01. The average molecular weight is 247 g/mol. The van der Waals surface area contributed by atoms with Gasteiger partial charge in [0.15, 0.2) is 0 Å². The van der Waals surface area contributed by atoms with E-state index < -0.39 is 0 Å². The summed E-state index contributed by atoms with van der Waals surface area (Å²) in [5.74, 6) is 0.585. The van der Waals surface area contributed by atoms with E-state index in [1.54, 1.807) is 7.11 Å². The number of para-hydroxylation sites is 2. The lowest BCUT2D eigenvalue weighted by atomic mass is 9.89. The van der Waals surface area contributed by atoms with Crippen LogP contribution in [0, 0.1) is 5.41 Å². The number of rotatable bonds is 5. The highest BCUT2D eigenvalue weighted by Gasteiger charge is 2.21. The monoisotopic (exact) mass is 247 g/mol. The van der Waals surface area contributed by atoms with Crippen LogP contribution >= 0.6 is 0 Å². The molecule has 0 atom stereocenters. The Labute approximate surface area is 108 Å². The average Bonchev–Trinajstić information content (AvgIpc) is 2.63. The Hall–Kier alpha value is -1.55. The Balaban J connectivity index is 2.28. The molecule has 0 amide bonds. The largest absolute Gasteiger partial charge is 0.385 e. The third-order valence-electron chi connectivity index (χ3n) is 3.25. The molecule has 0 bridgehead atoms. The van der Waals surface area contributed by atoms with E-state index in [9.17, 15) is 0 Å². The number of nitrogen functional groups attached to an aromatic ring is 1. The molecule has 2 aromatic rings. The van der Waals surface area contributed by atoms with E-state index in [0.717, 1.165) is 30.6 Å². The van der Waals surface area contributed by atoms with E-state index in [4.69, 9.17) is 10.5 Å². The molecule has 0 fully saturated rings. The highest BCUT2D eigenvalue weighted by molar-refractivity contribution is 5.78. The first-order valence-corrected chi connectivity index (χ1v) is 6.23. The topological polar surface area (TPSA) is 53.1 Å². The molecule has 0 aliphatic rings. The molecular weight excluding hydrogens is 226 g/mol. The first-order chi connectivity index (χ1) is 8.53. The third-order valence-corrected chi connectivity index (χ3v) is 3.25. The molecule has 0 spiro atoms. The fraction of sp³-hybridized carbons (Fsp3) is 0.500. The van der Waals surface area contributed by atoms with Gasteiger partial charge in [0, 0.05) is 20.3 Å². The van der Waals surface area contributed by atoms with Crippen LogP contribution in [0.3, 0.4) is 0 Å². The second-order valence-electron chi connectivity index (χ2n) is 5.45. The van der Waals surface area contributed by atoms with E-state index in [1.807, 2.05) is 18.2 Å². The number of nitrogens with zero attached hydrogens (tertiary/aromatic N) is 2. The number of hydrogen-bond acceptors (Lipinski definition) is 3. The summed E-state index contributed by atoms with van der Waals surface area (Å²) in [6, 6.07) is 8.05. The summed E-state index contributed by atoms with van der Waals surface area (Å²) in [6.07, 6.45) is 0.995. The van der Waals surface area contributed by atoms with Crippen LogP contribution in [0.5, 0.6) is 0 Å². The van der Waals surface area contributed by atoms with Crippen molar-refractivity contribution in [2.45, 2.75) is 26.8 Å². The maximum absolute atomic E-state index is 6.01. The van der Waals surface area contributed by atoms with Gasteiger partial charge in [-0.1, -0.05) is 26.0 Å². The van der Waals surface area contributed by atoms with Gasteiger partial charge in [0.05, 0.1) is 11.0 Å². The zero-order chi connectivity index (χ0) is 13.2. The van der Waals surface area contributed by atoms with Crippen molar-refractivity contribution in [2.24, 2.45) is 5.41 Å². The summed E-state index contributed by atoms with van der Waals surface area (Å²) in [5.41, 5.74) is 8.20. The summed E-state index contributed by atoms with van der Waals surface area (Å²) in [6.45, 7) is 6.06. The van der Waals surface area contributed by atoms with Gasteiger partial charge in [-0.15, -0.1) is 0 Å². The van der Waals surface area contributed by atoms with Crippen molar-refractivity contribution in [2.75, 3.05) is 19.5 Å². The number of nitrogens with two attached hydrogens (primary N) is 1. The maximum Gasteiger partial charge on any atom is 0.201 e. The molecule has 1 aromatic heterocycles. The highest BCUT2D eigenvalue weighted by Crippen LogP contribution is 2.27. The molecule has 0 saturated heterocycles. The van der Waals surface area contributed by atoms with Crippen LogP contribution in [0.25, 0.3) is 11.0 Å². The predicted octanol–water partition coefficient (Wildman–Crippen LogP) is 2.68. The Morgan fingerprint density at radius 3 is 2.78 bits per heavy atom. The quantitative estimate of drug-likeness (QED) is 0.883. The summed E-state index contributed by atoms with van der Waals surface area (Å²) < 4.78 is 7.25. The number of anilines is 1. The Kier molecular flexibility index (Phi) is 3.57. The van der Waals surface area contributed by atoms with Gasteiger partial charge in [-0.3, -0.25) is 0 Å². The van der Waals surface area contributed by atoms with E-state index in [2.05, 4.69) is 29.5 Å². The number of ether oxygens (including phenoxy) is 1. The predicted molar refractivity (Wildman–Crippen MR) is 74.4 cm³/mol. The van der Waals surface area contributed by atoms with Crippen molar-refractivity contribution >= 4 is 17.0 Å². The second kappa shape index (κ2) is 4.98. The Morgan fingerprint density at radius 1 is 1.33 bits per heavy atom. The number of methoxy groups -OCH3 is 1. The number of aromatic nitrogens is 2. The fourth-order valence-corrected chi connectivity index (χ4v) is 2.15. The van der Waals surface area contributed by atoms with Gasteiger partial charge >= 0.3 is 0 Å². The summed E-state index contributed by atoms with van der Waals surface area (Å²) in [7, 11) is 1.73. The van der Waals surface area contributed by atoms with Gasteiger partial charge in [-0.2, -0.15) is 0 Å². The minimum atomic E-state index is 0.133. The molecule has 0 aliphatic carbocycles. The number of fused-ring (bicyclic) bond motifs is 1. The molecule has 98 valence electrons. The molecule has 1 aromatic carbocycles. The minimum Gasteiger partial charge on any atom is -0.385 e. The standard InChI is InChI=1S/C14H21N3O/c1-14(2,8-9-18-3)10-17-12-7-5-4-6-11(12)16-13(17)15/h4-7H,8-10H2,1-3H3,(H2,15,16). The van der Waals surface area contributed by atoms with Gasteiger partial charge in [0.25, 0.3) is 0 Å². The molecular formula is C14H21N3O. The molecule has 4 nitrogen and oxygen atoms in total. The van der Waals surface area contributed by atoms with Crippen LogP contribution in [0.1, 0.15) is 20.3 Å². The van der Waals surface area contributed by atoms with E-state index in [0.29, 0.717) is 5.95 Å². The molecule has 1 heterocycles. The van der Waals surface area contributed by atoms with Gasteiger partial charge < -0.3 is 15.0 Å². The molecule has 2 rings (SSSR count). The lowest BCUT2D eigenvalue weighted by Gasteiger charge is -2.25. The van der Waals surface area contributed by atoms with Crippen LogP contribution in [-0.2, 0) is 11.3 Å². The van der Waals surface area contributed by atoms with Crippen molar-refractivity contribution in [3.8, 4) is 0 Å². The molecule has 18 heavy (non-hydrogen) atoms. The summed E-state index contributed by atoms with van der Waals surface area (Å²) in [4.78, 5) is 4.39. The second-order valence-corrected chi connectivity index (χ2v) is 5.45. The molecule has 0 aliphatic heterocycles.